The van der Waals surface area contributed by atoms with Gasteiger partial charge in [0, 0.05) is 32.0 Å². The van der Waals surface area contributed by atoms with Gasteiger partial charge in [-0.2, -0.15) is 0 Å². The Morgan fingerprint density at radius 2 is 2.24 bits per heavy atom. The van der Waals surface area contributed by atoms with Crippen molar-refractivity contribution in [2.75, 3.05) is 6.54 Å². The number of hydrogen-bond donors (Lipinski definition) is 2. The number of aliphatic hydroxyl groups is 1. The van der Waals surface area contributed by atoms with E-state index in [4.69, 9.17) is 4.42 Å². The molecule has 0 aliphatic rings. The van der Waals surface area contributed by atoms with Crippen LogP contribution in [0.1, 0.15) is 18.4 Å². The third-order valence-electron chi connectivity index (χ3n) is 2.88. The minimum Gasteiger partial charge on any atom is -0.466 e. The lowest BCUT2D eigenvalue weighted by atomic mass is 10.0. The van der Waals surface area contributed by atoms with Crippen LogP contribution >= 0.6 is 0 Å². The summed E-state index contributed by atoms with van der Waals surface area (Å²) in [7, 11) is 2.00. The van der Waals surface area contributed by atoms with E-state index < -0.39 is 5.60 Å². The van der Waals surface area contributed by atoms with Crippen LogP contribution in [0.5, 0.6) is 0 Å². The van der Waals surface area contributed by atoms with E-state index in [0.29, 0.717) is 12.3 Å². The van der Waals surface area contributed by atoms with Crippen molar-refractivity contribution in [1.82, 2.24) is 9.88 Å². The lowest BCUT2D eigenvalue weighted by Crippen LogP contribution is -2.35. The van der Waals surface area contributed by atoms with Crippen LogP contribution in [0.15, 0.2) is 41.1 Å². The lowest BCUT2D eigenvalue weighted by molar-refractivity contribution is 0.0339. The van der Waals surface area contributed by atoms with Crippen LogP contribution in [0.2, 0.25) is 0 Å². The second kappa shape index (κ2) is 4.77. The van der Waals surface area contributed by atoms with Gasteiger partial charge in [-0.15, -0.1) is 0 Å². The molecule has 17 heavy (non-hydrogen) atoms. The zero-order valence-corrected chi connectivity index (χ0v) is 10.2. The van der Waals surface area contributed by atoms with Crippen molar-refractivity contribution in [3.05, 3.63) is 48.2 Å². The second-order valence-corrected chi connectivity index (χ2v) is 4.47. The Balaban J connectivity index is 1.88. The molecule has 2 aromatic heterocycles. The largest absolute Gasteiger partial charge is 0.466 e. The van der Waals surface area contributed by atoms with Crippen LogP contribution in [0.4, 0.5) is 0 Å². The predicted octanol–water partition coefficient (Wildman–Crippen LogP) is 1.62. The summed E-state index contributed by atoms with van der Waals surface area (Å²) in [5.41, 5.74) is 0.203. The van der Waals surface area contributed by atoms with Gasteiger partial charge in [0.05, 0.1) is 6.26 Å². The van der Waals surface area contributed by atoms with Crippen LogP contribution < -0.4 is 5.32 Å². The first-order valence-electron chi connectivity index (χ1n) is 5.67. The molecule has 4 nitrogen and oxygen atoms in total. The number of aromatic nitrogens is 1. The van der Waals surface area contributed by atoms with Gasteiger partial charge < -0.3 is 19.4 Å². The molecule has 4 heteroatoms. The highest BCUT2D eigenvalue weighted by Crippen LogP contribution is 2.19. The summed E-state index contributed by atoms with van der Waals surface area (Å²) in [4.78, 5) is 0. The fraction of sp³-hybridized carbons (Fsp3) is 0.385. The summed E-state index contributed by atoms with van der Waals surface area (Å²) in [6.45, 7) is 2.91. The normalized spacial score (nSPS) is 14.8. The molecule has 0 saturated heterocycles. The SMILES string of the molecule is Cn1cccc1CNCC(C)(O)c1ccco1. The van der Waals surface area contributed by atoms with Gasteiger partial charge in [0.15, 0.2) is 0 Å². The van der Waals surface area contributed by atoms with Gasteiger partial charge >= 0.3 is 0 Å². The molecule has 2 aromatic rings. The Hall–Kier alpha value is -1.52. The number of rotatable bonds is 5. The highest BCUT2D eigenvalue weighted by Gasteiger charge is 2.25. The molecular formula is C13H18N2O2. The van der Waals surface area contributed by atoms with Crippen LogP contribution in [-0.4, -0.2) is 16.2 Å². The third-order valence-corrected chi connectivity index (χ3v) is 2.88. The molecule has 0 saturated carbocycles. The molecule has 0 radical (unpaired) electrons. The predicted molar refractivity (Wildman–Crippen MR) is 65.4 cm³/mol. The molecule has 0 spiro atoms. The van der Waals surface area contributed by atoms with Gasteiger partial charge in [0.1, 0.15) is 11.4 Å². The van der Waals surface area contributed by atoms with Crippen LogP contribution in [0.25, 0.3) is 0 Å². The average Bonchev–Trinajstić information content (AvgIpc) is 2.90. The summed E-state index contributed by atoms with van der Waals surface area (Å²) in [5.74, 6) is 0.580. The maximum Gasteiger partial charge on any atom is 0.136 e. The number of nitrogens with zero attached hydrogens (tertiary/aromatic N) is 1. The Bertz CT molecular complexity index is 457. The molecule has 1 unspecified atom stereocenters. The van der Waals surface area contributed by atoms with Crippen molar-refractivity contribution >= 4 is 0 Å². The molecule has 0 fully saturated rings. The monoisotopic (exact) mass is 234 g/mol. The molecule has 2 N–H and O–H groups in total. The first kappa shape index (κ1) is 12.0. The smallest absolute Gasteiger partial charge is 0.136 e. The molecular weight excluding hydrogens is 216 g/mol. The average molecular weight is 234 g/mol. The van der Waals surface area contributed by atoms with Crippen molar-refractivity contribution in [2.45, 2.75) is 19.1 Å². The maximum atomic E-state index is 10.2. The number of aryl methyl sites for hydroxylation is 1. The Morgan fingerprint density at radius 1 is 1.41 bits per heavy atom. The molecule has 2 heterocycles. The van der Waals surface area contributed by atoms with E-state index in [0.717, 1.165) is 6.54 Å². The van der Waals surface area contributed by atoms with Crippen molar-refractivity contribution in [3.8, 4) is 0 Å². The quantitative estimate of drug-likeness (QED) is 0.826. The number of nitrogens with one attached hydrogen (secondary N) is 1. The van der Waals surface area contributed by atoms with Gasteiger partial charge in [0.25, 0.3) is 0 Å². The van der Waals surface area contributed by atoms with Gasteiger partial charge in [0.2, 0.25) is 0 Å². The third kappa shape index (κ3) is 2.78. The van der Waals surface area contributed by atoms with E-state index in [1.54, 1.807) is 25.3 Å². The molecule has 2 rings (SSSR count). The Kier molecular flexibility index (Phi) is 3.36. The minimum absolute atomic E-state index is 0.450. The van der Waals surface area contributed by atoms with Gasteiger partial charge in [-0.1, -0.05) is 0 Å². The Labute approximate surface area is 101 Å². The van der Waals surface area contributed by atoms with Crippen LogP contribution in [-0.2, 0) is 19.2 Å². The van der Waals surface area contributed by atoms with E-state index in [1.165, 1.54) is 5.69 Å². The molecule has 0 aliphatic carbocycles. The van der Waals surface area contributed by atoms with Crippen molar-refractivity contribution in [1.29, 1.82) is 0 Å². The van der Waals surface area contributed by atoms with E-state index in [2.05, 4.69) is 16.0 Å². The van der Waals surface area contributed by atoms with Crippen molar-refractivity contribution in [2.24, 2.45) is 7.05 Å². The maximum absolute atomic E-state index is 10.2. The molecule has 0 bridgehead atoms. The summed E-state index contributed by atoms with van der Waals surface area (Å²) < 4.78 is 7.26. The van der Waals surface area contributed by atoms with Gasteiger partial charge in [-0.05, 0) is 31.2 Å². The molecule has 0 aliphatic heterocycles. The topological polar surface area (TPSA) is 50.3 Å². The van der Waals surface area contributed by atoms with E-state index in [9.17, 15) is 5.11 Å². The van der Waals surface area contributed by atoms with Crippen LogP contribution in [0, 0.1) is 0 Å². The molecule has 1 atom stereocenters. The molecule has 0 aromatic carbocycles. The second-order valence-electron chi connectivity index (χ2n) is 4.47. The van der Waals surface area contributed by atoms with Crippen molar-refractivity contribution in [3.63, 3.8) is 0 Å². The fourth-order valence-electron chi connectivity index (χ4n) is 1.79. The number of hydrogen-bond acceptors (Lipinski definition) is 3. The van der Waals surface area contributed by atoms with Gasteiger partial charge in [-0.25, -0.2) is 0 Å². The van der Waals surface area contributed by atoms with E-state index in [-0.39, 0.29) is 0 Å². The number of furan rings is 1. The minimum atomic E-state index is -0.978. The highest BCUT2D eigenvalue weighted by atomic mass is 16.4. The van der Waals surface area contributed by atoms with Crippen molar-refractivity contribution < 1.29 is 9.52 Å². The zero-order valence-electron chi connectivity index (χ0n) is 10.2. The summed E-state index contributed by atoms with van der Waals surface area (Å²) in [5, 5.41) is 13.4. The fourth-order valence-corrected chi connectivity index (χ4v) is 1.79. The van der Waals surface area contributed by atoms with E-state index >= 15 is 0 Å². The van der Waals surface area contributed by atoms with Gasteiger partial charge in [-0.3, -0.25) is 0 Å². The zero-order chi connectivity index (χ0) is 12.3. The van der Waals surface area contributed by atoms with Crippen LogP contribution in [0.3, 0.4) is 0 Å². The summed E-state index contributed by atoms with van der Waals surface area (Å²) in [6, 6.07) is 7.61. The molecule has 0 amide bonds. The first-order valence-corrected chi connectivity index (χ1v) is 5.67. The first-order chi connectivity index (χ1) is 8.09. The molecule has 92 valence electrons. The summed E-state index contributed by atoms with van der Waals surface area (Å²) >= 11 is 0. The lowest BCUT2D eigenvalue weighted by Gasteiger charge is -2.21. The Morgan fingerprint density at radius 3 is 2.82 bits per heavy atom. The highest BCUT2D eigenvalue weighted by molar-refractivity contribution is 5.09. The summed E-state index contributed by atoms with van der Waals surface area (Å²) in [6.07, 6.45) is 3.57. The van der Waals surface area contributed by atoms with E-state index in [1.807, 2.05) is 19.3 Å². The standard InChI is InChI=1S/C13H18N2O2/c1-13(16,12-6-4-8-17-12)10-14-9-11-5-3-7-15(11)2/h3-8,14,16H,9-10H2,1-2H3.